The topological polar surface area (TPSA) is 57.7 Å². The SMILES string of the molecule is N#Cc1ccc(CSc2nnc(CN3CCCCC3)n2Cc2ccccc2)cc1. The lowest BCUT2D eigenvalue weighted by molar-refractivity contribution is 0.213. The lowest BCUT2D eigenvalue weighted by Crippen LogP contribution is -2.30. The van der Waals surface area contributed by atoms with Crippen molar-refractivity contribution in [1.82, 2.24) is 19.7 Å². The molecule has 0 spiro atoms. The van der Waals surface area contributed by atoms with Crippen molar-refractivity contribution in [3.8, 4) is 6.07 Å². The van der Waals surface area contributed by atoms with E-state index in [1.807, 2.05) is 30.3 Å². The minimum Gasteiger partial charge on any atom is -0.300 e. The summed E-state index contributed by atoms with van der Waals surface area (Å²) >= 11 is 1.70. The molecular weight excluding hydrogens is 378 g/mol. The van der Waals surface area contributed by atoms with Crippen LogP contribution in [0.25, 0.3) is 0 Å². The van der Waals surface area contributed by atoms with E-state index in [0.717, 1.165) is 42.9 Å². The van der Waals surface area contributed by atoms with E-state index in [1.54, 1.807) is 11.8 Å². The molecule has 1 aliphatic heterocycles. The summed E-state index contributed by atoms with van der Waals surface area (Å²) in [5, 5.41) is 19.0. The summed E-state index contributed by atoms with van der Waals surface area (Å²) in [5.74, 6) is 1.85. The number of hydrogen-bond donors (Lipinski definition) is 0. The Balaban J connectivity index is 1.52. The Hall–Kier alpha value is -2.62. The number of rotatable bonds is 7. The zero-order valence-corrected chi connectivity index (χ0v) is 17.3. The van der Waals surface area contributed by atoms with E-state index in [2.05, 4.69) is 50.0 Å². The average molecular weight is 404 g/mol. The predicted octanol–water partition coefficient (Wildman–Crippen LogP) is 4.48. The lowest BCUT2D eigenvalue weighted by Gasteiger charge is -2.26. The molecule has 4 rings (SSSR count). The molecule has 29 heavy (non-hydrogen) atoms. The summed E-state index contributed by atoms with van der Waals surface area (Å²) in [6.45, 7) is 3.93. The highest BCUT2D eigenvalue weighted by atomic mass is 32.2. The first kappa shape index (κ1) is 19.7. The second-order valence-electron chi connectivity index (χ2n) is 7.40. The molecule has 5 nitrogen and oxygen atoms in total. The van der Waals surface area contributed by atoms with Crippen LogP contribution in [0.5, 0.6) is 0 Å². The molecular formula is C23H25N5S. The predicted molar refractivity (Wildman–Crippen MR) is 115 cm³/mol. The van der Waals surface area contributed by atoms with Crippen molar-refractivity contribution in [3.05, 3.63) is 77.1 Å². The fourth-order valence-electron chi connectivity index (χ4n) is 3.61. The number of thioether (sulfide) groups is 1. The number of likely N-dealkylation sites (tertiary alicyclic amines) is 1. The number of benzene rings is 2. The van der Waals surface area contributed by atoms with Gasteiger partial charge in [0.25, 0.3) is 0 Å². The molecule has 3 aromatic rings. The minimum atomic E-state index is 0.690. The van der Waals surface area contributed by atoms with E-state index in [4.69, 9.17) is 5.26 Å². The van der Waals surface area contributed by atoms with Gasteiger partial charge in [-0.05, 0) is 49.2 Å². The van der Waals surface area contributed by atoms with Crippen molar-refractivity contribution in [2.45, 2.75) is 43.3 Å². The van der Waals surface area contributed by atoms with Crippen molar-refractivity contribution in [1.29, 1.82) is 5.26 Å². The highest BCUT2D eigenvalue weighted by Gasteiger charge is 2.18. The third-order valence-corrected chi connectivity index (χ3v) is 6.28. The van der Waals surface area contributed by atoms with Crippen LogP contribution in [-0.2, 0) is 18.8 Å². The summed E-state index contributed by atoms with van der Waals surface area (Å²) in [7, 11) is 0. The van der Waals surface area contributed by atoms with Crippen LogP contribution in [0.1, 0.15) is 41.8 Å². The van der Waals surface area contributed by atoms with Gasteiger partial charge in [0.1, 0.15) is 5.82 Å². The molecule has 1 aromatic heterocycles. The van der Waals surface area contributed by atoms with Gasteiger partial charge in [0.2, 0.25) is 0 Å². The lowest BCUT2D eigenvalue weighted by atomic mass is 10.1. The summed E-state index contributed by atoms with van der Waals surface area (Å²) in [6, 6.07) is 20.4. The highest BCUT2D eigenvalue weighted by Crippen LogP contribution is 2.24. The monoisotopic (exact) mass is 403 g/mol. The fourth-order valence-corrected chi connectivity index (χ4v) is 4.52. The molecule has 0 bridgehead atoms. The van der Waals surface area contributed by atoms with Crippen molar-refractivity contribution in [2.75, 3.05) is 13.1 Å². The molecule has 2 aromatic carbocycles. The first-order valence-electron chi connectivity index (χ1n) is 10.1. The largest absolute Gasteiger partial charge is 0.300 e. The number of nitriles is 1. The van der Waals surface area contributed by atoms with E-state index in [9.17, 15) is 0 Å². The van der Waals surface area contributed by atoms with E-state index < -0.39 is 0 Å². The maximum absolute atomic E-state index is 8.97. The molecule has 6 heteroatoms. The number of aromatic nitrogens is 3. The molecule has 0 aliphatic carbocycles. The molecule has 2 heterocycles. The second-order valence-corrected chi connectivity index (χ2v) is 8.35. The van der Waals surface area contributed by atoms with Crippen LogP contribution in [0.15, 0.2) is 59.8 Å². The number of piperidine rings is 1. The standard InChI is InChI=1S/C23H25N5S/c24-15-19-9-11-21(12-10-19)18-29-23-26-25-22(17-27-13-5-2-6-14-27)28(23)16-20-7-3-1-4-8-20/h1,3-4,7-12H,2,5-6,13-14,16-18H2. The molecule has 1 saturated heterocycles. The summed E-state index contributed by atoms with van der Waals surface area (Å²) in [5.41, 5.74) is 3.13. The van der Waals surface area contributed by atoms with Gasteiger partial charge in [0.05, 0.1) is 24.7 Å². The fraction of sp³-hybridized carbons (Fsp3) is 0.348. The van der Waals surface area contributed by atoms with Gasteiger partial charge in [-0.2, -0.15) is 5.26 Å². The van der Waals surface area contributed by atoms with Crippen LogP contribution in [0.3, 0.4) is 0 Å². The van der Waals surface area contributed by atoms with Gasteiger partial charge in [0.15, 0.2) is 5.16 Å². The summed E-state index contributed by atoms with van der Waals surface area (Å²) < 4.78 is 2.26. The van der Waals surface area contributed by atoms with Crippen LogP contribution in [-0.4, -0.2) is 32.8 Å². The molecule has 0 unspecified atom stereocenters. The first-order valence-corrected chi connectivity index (χ1v) is 11.1. The third kappa shape index (κ3) is 5.26. The number of hydrogen-bond acceptors (Lipinski definition) is 5. The molecule has 1 fully saturated rings. The van der Waals surface area contributed by atoms with E-state index >= 15 is 0 Å². The van der Waals surface area contributed by atoms with E-state index in [0.29, 0.717) is 5.56 Å². The Kier molecular flexibility index (Phi) is 6.60. The van der Waals surface area contributed by atoms with Gasteiger partial charge in [0, 0.05) is 5.75 Å². The van der Waals surface area contributed by atoms with Crippen LogP contribution in [0.2, 0.25) is 0 Å². The van der Waals surface area contributed by atoms with E-state index in [1.165, 1.54) is 30.4 Å². The first-order chi connectivity index (χ1) is 14.3. The molecule has 1 aliphatic rings. The minimum absolute atomic E-state index is 0.690. The summed E-state index contributed by atoms with van der Waals surface area (Å²) in [6.07, 6.45) is 3.87. The van der Waals surface area contributed by atoms with Crippen LogP contribution in [0.4, 0.5) is 0 Å². The molecule has 0 atom stereocenters. The van der Waals surface area contributed by atoms with Crippen molar-refractivity contribution in [2.24, 2.45) is 0 Å². The average Bonchev–Trinajstić information content (AvgIpc) is 3.15. The van der Waals surface area contributed by atoms with Crippen LogP contribution >= 0.6 is 11.8 Å². The van der Waals surface area contributed by atoms with Crippen molar-refractivity contribution in [3.63, 3.8) is 0 Å². The Morgan fingerprint density at radius 3 is 2.34 bits per heavy atom. The van der Waals surface area contributed by atoms with Crippen molar-refractivity contribution >= 4 is 11.8 Å². The van der Waals surface area contributed by atoms with Gasteiger partial charge in [-0.1, -0.05) is 60.6 Å². The molecule has 0 N–H and O–H groups in total. The smallest absolute Gasteiger partial charge is 0.191 e. The number of nitrogens with zero attached hydrogens (tertiary/aromatic N) is 5. The Labute approximate surface area is 176 Å². The maximum atomic E-state index is 8.97. The molecule has 148 valence electrons. The molecule has 0 saturated carbocycles. The quantitative estimate of drug-likeness (QED) is 0.545. The van der Waals surface area contributed by atoms with Gasteiger partial charge in [-0.3, -0.25) is 4.90 Å². The van der Waals surface area contributed by atoms with Gasteiger partial charge < -0.3 is 4.57 Å². The van der Waals surface area contributed by atoms with Crippen molar-refractivity contribution < 1.29 is 0 Å². The Bertz CT molecular complexity index is 953. The Morgan fingerprint density at radius 1 is 0.862 bits per heavy atom. The van der Waals surface area contributed by atoms with Crippen LogP contribution < -0.4 is 0 Å². The molecule has 0 amide bonds. The normalized spacial score (nSPS) is 14.6. The summed E-state index contributed by atoms with van der Waals surface area (Å²) in [4.78, 5) is 2.49. The molecule has 0 radical (unpaired) electrons. The zero-order valence-electron chi connectivity index (χ0n) is 16.5. The van der Waals surface area contributed by atoms with E-state index in [-0.39, 0.29) is 0 Å². The van der Waals surface area contributed by atoms with Gasteiger partial charge in [-0.25, -0.2) is 0 Å². The Morgan fingerprint density at radius 2 is 1.62 bits per heavy atom. The van der Waals surface area contributed by atoms with Gasteiger partial charge >= 0.3 is 0 Å². The highest BCUT2D eigenvalue weighted by molar-refractivity contribution is 7.98. The van der Waals surface area contributed by atoms with Crippen LogP contribution in [0, 0.1) is 11.3 Å². The zero-order chi connectivity index (χ0) is 19.9. The maximum Gasteiger partial charge on any atom is 0.191 e. The third-order valence-electron chi connectivity index (χ3n) is 5.24. The second kappa shape index (κ2) is 9.73. The van der Waals surface area contributed by atoms with Gasteiger partial charge in [-0.15, -0.1) is 10.2 Å².